The first kappa shape index (κ1) is 14.1. The van der Waals surface area contributed by atoms with E-state index in [-0.39, 0.29) is 6.61 Å². The number of hydrogen-bond donors (Lipinski definition) is 1. The maximum atomic E-state index is 11.1. The molecule has 1 aliphatic heterocycles. The SMILES string of the molecule is COCc1cc(-c2ccc3c(c2)CC(C(=O)O)CO3)cs1. The van der Waals surface area contributed by atoms with E-state index in [1.165, 1.54) is 4.88 Å². The van der Waals surface area contributed by atoms with Crippen LogP contribution in [0.3, 0.4) is 0 Å². The van der Waals surface area contributed by atoms with Crippen molar-refractivity contribution in [1.82, 2.24) is 0 Å². The average molecular weight is 304 g/mol. The summed E-state index contributed by atoms with van der Waals surface area (Å²) in [5.41, 5.74) is 3.18. The summed E-state index contributed by atoms with van der Waals surface area (Å²) in [6.45, 7) is 0.859. The van der Waals surface area contributed by atoms with Crippen LogP contribution < -0.4 is 4.74 Å². The lowest BCUT2D eigenvalue weighted by molar-refractivity contribution is -0.143. The van der Waals surface area contributed by atoms with Gasteiger partial charge in [-0.15, -0.1) is 11.3 Å². The van der Waals surface area contributed by atoms with Gasteiger partial charge in [0.2, 0.25) is 0 Å². The largest absolute Gasteiger partial charge is 0.492 e. The second-order valence-electron chi connectivity index (χ2n) is 5.11. The number of benzene rings is 1. The molecule has 2 heterocycles. The van der Waals surface area contributed by atoms with Gasteiger partial charge in [-0.2, -0.15) is 0 Å². The monoisotopic (exact) mass is 304 g/mol. The Hall–Kier alpha value is -1.85. The summed E-state index contributed by atoms with van der Waals surface area (Å²) < 4.78 is 10.7. The highest BCUT2D eigenvalue weighted by Crippen LogP contribution is 2.33. The van der Waals surface area contributed by atoms with Gasteiger partial charge in [0.1, 0.15) is 12.4 Å². The number of fused-ring (bicyclic) bond motifs is 1. The number of ether oxygens (including phenoxy) is 2. The molecule has 0 saturated carbocycles. The average Bonchev–Trinajstić information content (AvgIpc) is 2.95. The molecule has 110 valence electrons. The maximum absolute atomic E-state index is 11.1. The van der Waals surface area contributed by atoms with Crippen LogP contribution in [-0.2, 0) is 22.6 Å². The molecule has 1 atom stereocenters. The van der Waals surface area contributed by atoms with Crippen LogP contribution in [0, 0.1) is 5.92 Å². The molecule has 0 bridgehead atoms. The molecule has 0 amide bonds. The van der Waals surface area contributed by atoms with Crippen molar-refractivity contribution in [2.24, 2.45) is 5.92 Å². The Morgan fingerprint density at radius 2 is 2.29 bits per heavy atom. The molecule has 1 aliphatic rings. The Morgan fingerprint density at radius 1 is 1.43 bits per heavy atom. The highest BCUT2D eigenvalue weighted by molar-refractivity contribution is 7.10. The van der Waals surface area contributed by atoms with E-state index in [1.807, 2.05) is 18.2 Å². The Kier molecular flexibility index (Phi) is 3.94. The fourth-order valence-electron chi connectivity index (χ4n) is 2.48. The lowest BCUT2D eigenvalue weighted by Crippen LogP contribution is -2.27. The van der Waals surface area contributed by atoms with Crippen molar-refractivity contribution in [3.05, 3.63) is 40.1 Å². The summed E-state index contributed by atoms with van der Waals surface area (Å²) in [7, 11) is 1.68. The van der Waals surface area contributed by atoms with E-state index >= 15 is 0 Å². The Morgan fingerprint density at radius 3 is 3.05 bits per heavy atom. The number of carboxylic acids is 1. The molecular weight excluding hydrogens is 288 g/mol. The van der Waals surface area contributed by atoms with Crippen LogP contribution in [0.5, 0.6) is 5.75 Å². The molecule has 5 heteroatoms. The summed E-state index contributed by atoms with van der Waals surface area (Å²) in [5.74, 6) is -0.466. The van der Waals surface area contributed by atoms with Crippen molar-refractivity contribution < 1.29 is 19.4 Å². The van der Waals surface area contributed by atoms with E-state index in [0.717, 1.165) is 22.4 Å². The fourth-order valence-corrected chi connectivity index (χ4v) is 3.35. The first-order chi connectivity index (χ1) is 10.2. The van der Waals surface area contributed by atoms with Gasteiger partial charge < -0.3 is 14.6 Å². The predicted octanol–water partition coefficient (Wildman–Crippen LogP) is 3.20. The number of hydrogen-bond acceptors (Lipinski definition) is 4. The molecule has 3 rings (SSSR count). The van der Waals surface area contributed by atoms with E-state index in [0.29, 0.717) is 13.0 Å². The van der Waals surface area contributed by atoms with Crippen LogP contribution in [0.4, 0.5) is 0 Å². The molecule has 21 heavy (non-hydrogen) atoms. The van der Waals surface area contributed by atoms with Crippen molar-refractivity contribution in [2.45, 2.75) is 13.0 Å². The number of carbonyl (C=O) groups is 1. The van der Waals surface area contributed by atoms with Gasteiger partial charge in [0, 0.05) is 12.0 Å². The van der Waals surface area contributed by atoms with Gasteiger partial charge in [-0.1, -0.05) is 6.07 Å². The molecule has 1 aromatic heterocycles. The molecule has 0 aliphatic carbocycles. The van der Waals surface area contributed by atoms with Crippen LogP contribution >= 0.6 is 11.3 Å². The summed E-state index contributed by atoms with van der Waals surface area (Å²) in [6.07, 6.45) is 0.521. The van der Waals surface area contributed by atoms with Crippen molar-refractivity contribution in [3.63, 3.8) is 0 Å². The maximum Gasteiger partial charge on any atom is 0.310 e. The quantitative estimate of drug-likeness (QED) is 0.942. The van der Waals surface area contributed by atoms with Crippen molar-refractivity contribution in [2.75, 3.05) is 13.7 Å². The molecule has 4 nitrogen and oxygen atoms in total. The molecule has 0 spiro atoms. The molecular formula is C16H16O4S. The Labute approximate surface area is 126 Å². The lowest BCUT2D eigenvalue weighted by atomic mass is 9.94. The zero-order valence-electron chi connectivity index (χ0n) is 11.7. The summed E-state index contributed by atoms with van der Waals surface area (Å²) >= 11 is 1.66. The van der Waals surface area contributed by atoms with Crippen LogP contribution in [0.1, 0.15) is 10.4 Å². The molecule has 1 N–H and O–H groups in total. The smallest absolute Gasteiger partial charge is 0.310 e. The van der Waals surface area contributed by atoms with E-state index in [4.69, 9.17) is 14.6 Å². The van der Waals surface area contributed by atoms with Crippen molar-refractivity contribution >= 4 is 17.3 Å². The Bertz CT molecular complexity index is 662. The highest BCUT2D eigenvalue weighted by Gasteiger charge is 2.25. The third-order valence-electron chi connectivity index (χ3n) is 3.59. The second kappa shape index (κ2) is 5.87. The summed E-state index contributed by atoms with van der Waals surface area (Å²) in [4.78, 5) is 12.3. The van der Waals surface area contributed by atoms with Gasteiger partial charge in [-0.05, 0) is 46.7 Å². The van der Waals surface area contributed by atoms with E-state index in [2.05, 4.69) is 11.4 Å². The van der Waals surface area contributed by atoms with Crippen LogP contribution in [0.2, 0.25) is 0 Å². The zero-order chi connectivity index (χ0) is 14.8. The normalized spacial score (nSPS) is 17.1. The van der Waals surface area contributed by atoms with E-state index < -0.39 is 11.9 Å². The van der Waals surface area contributed by atoms with Gasteiger partial charge in [0.15, 0.2) is 0 Å². The molecule has 0 radical (unpaired) electrons. The predicted molar refractivity (Wildman–Crippen MR) is 80.8 cm³/mol. The second-order valence-corrected chi connectivity index (χ2v) is 6.10. The van der Waals surface area contributed by atoms with Gasteiger partial charge >= 0.3 is 5.97 Å². The number of aliphatic carboxylic acids is 1. The van der Waals surface area contributed by atoms with Crippen LogP contribution in [0.15, 0.2) is 29.6 Å². The standard InChI is InChI=1S/C16H16O4S/c1-19-8-14-6-13(9-21-14)10-2-3-15-11(4-10)5-12(7-20-15)16(17)18/h2-4,6,9,12H,5,7-8H2,1H3,(H,17,18). The number of rotatable bonds is 4. The highest BCUT2D eigenvalue weighted by atomic mass is 32.1. The molecule has 1 unspecified atom stereocenters. The number of methoxy groups -OCH3 is 1. The number of carboxylic acid groups (broad SMARTS) is 1. The first-order valence-electron chi connectivity index (χ1n) is 6.72. The zero-order valence-corrected chi connectivity index (χ0v) is 12.5. The van der Waals surface area contributed by atoms with Crippen LogP contribution in [0.25, 0.3) is 11.1 Å². The molecule has 1 aromatic carbocycles. The van der Waals surface area contributed by atoms with Gasteiger partial charge in [0.25, 0.3) is 0 Å². The van der Waals surface area contributed by atoms with E-state index in [1.54, 1.807) is 18.4 Å². The summed E-state index contributed by atoms with van der Waals surface area (Å²) in [6, 6.07) is 8.08. The first-order valence-corrected chi connectivity index (χ1v) is 7.60. The van der Waals surface area contributed by atoms with Crippen LogP contribution in [-0.4, -0.2) is 24.8 Å². The minimum Gasteiger partial charge on any atom is -0.492 e. The lowest BCUT2D eigenvalue weighted by Gasteiger charge is -2.23. The number of thiophene rings is 1. The molecule has 2 aromatic rings. The van der Waals surface area contributed by atoms with Crippen molar-refractivity contribution in [3.8, 4) is 16.9 Å². The minimum absolute atomic E-state index is 0.248. The third-order valence-corrected chi connectivity index (χ3v) is 4.50. The molecule has 0 saturated heterocycles. The topological polar surface area (TPSA) is 55.8 Å². The Balaban J connectivity index is 1.88. The fraction of sp³-hybridized carbons (Fsp3) is 0.312. The minimum atomic E-state index is -0.802. The summed E-state index contributed by atoms with van der Waals surface area (Å²) in [5, 5.41) is 11.2. The van der Waals surface area contributed by atoms with Crippen molar-refractivity contribution in [1.29, 1.82) is 0 Å². The molecule has 0 fully saturated rings. The van der Waals surface area contributed by atoms with Gasteiger partial charge in [-0.25, -0.2) is 0 Å². The van der Waals surface area contributed by atoms with Gasteiger partial charge in [-0.3, -0.25) is 4.79 Å². The van der Waals surface area contributed by atoms with E-state index in [9.17, 15) is 4.79 Å². The third kappa shape index (κ3) is 2.94. The van der Waals surface area contributed by atoms with Gasteiger partial charge in [0.05, 0.1) is 12.5 Å².